The zero-order chi connectivity index (χ0) is 15.3. The van der Waals surface area contributed by atoms with Crippen LogP contribution in [0.4, 0.5) is 5.69 Å². The van der Waals surface area contributed by atoms with Crippen LogP contribution < -0.4 is 9.46 Å². The predicted molar refractivity (Wildman–Crippen MR) is 81.6 cm³/mol. The van der Waals surface area contributed by atoms with Gasteiger partial charge in [-0.3, -0.25) is 4.72 Å². The lowest BCUT2D eigenvalue weighted by molar-refractivity contribution is 0.282. The fraction of sp³-hybridized carbons (Fsp3) is 0.200. The Bertz CT molecular complexity index is 658. The number of hydrogen-bond donors (Lipinski definition) is 2. The minimum absolute atomic E-state index is 0.114. The fourth-order valence-corrected chi connectivity index (χ4v) is 3.12. The van der Waals surface area contributed by atoms with E-state index in [0.717, 1.165) is 0 Å². The summed E-state index contributed by atoms with van der Waals surface area (Å²) in [6, 6.07) is 13.6. The van der Waals surface area contributed by atoms with E-state index >= 15 is 0 Å². The maximum Gasteiger partial charge on any atom is 0.236 e. The monoisotopic (exact) mass is 307 g/mol. The van der Waals surface area contributed by atoms with Gasteiger partial charge in [-0.2, -0.15) is 0 Å². The van der Waals surface area contributed by atoms with Crippen molar-refractivity contribution >= 4 is 15.7 Å². The van der Waals surface area contributed by atoms with Gasteiger partial charge in [-0.25, -0.2) is 8.42 Å². The molecule has 21 heavy (non-hydrogen) atoms. The first-order valence-corrected chi connectivity index (χ1v) is 8.01. The van der Waals surface area contributed by atoms with Crippen molar-refractivity contribution in [2.75, 3.05) is 11.8 Å². The Hall–Kier alpha value is -2.05. The highest BCUT2D eigenvalue weighted by atomic mass is 32.2. The molecular weight excluding hydrogens is 290 g/mol. The van der Waals surface area contributed by atoms with E-state index in [1.54, 1.807) is 48.5 Å². The summed E-state index contributed by atoms with van der Waals surface area (Å²) in [5.74, 6) is 0.426. The summed E-state index contributed by atoms with van der Waals surface area (Å²) in [6.07, 6.45) is 0. The van der Waals surface area contributed by atoms with Crippen LogP contribution in [-0.2, 0) is 22.4 Å². The van der Waals surface area contributed by atoms with Crippen molar-refractivity contribution in [3.63, 3.8) is 0 Å². The second kappa shape index (κ2) is 6.60. The van der Waals surface area contributed by atoms with E-state index in [4.69, 9.17) is 9.84 Å². The number of rotatable bonds is 6. The number of ether oxygens (including phenoxy) is 1. The molecule has 0 atom stereocenters. The van der Waals surface area contributed by atoms with E-state index in [9.17, 15) is 8.42 Å². The van der Waals surface area contributed by atoms with E-state index in [1.165, 1.54) is 7.11 Å². The van der Waals surface area contributed by atoms with Crippen LogP contribution in [0.25, 0.3) is 0 Å². The van der Waals surface area contributed by atoms with Crippen LogP contribution in [-0.4, -0.2) is 20.6 Å². The van der Waals surface area contributed by atoms with Crippen molar-refractivity contribution in [3.8, 4) is 5.75 Å². The molecule has 0 aromatic heterocycles. The molecule has 0 bridgehead atoms. The molecule has 0 saturated heterocycles. The van der Waals surface area contributed by atoms with Gasteiger partial charge in [0.15, 0.2) is 0 Å². The van der Waals surface area contributed by atoms with Gasteiger partial charge in [0, 0.05) is 6.07 Å². The van der Waals surface area contributed by atoms with Gasteiger partial charge in [0.25, 0.3) is 0 Å². The van der Waals surface area contributed by atoms with Crippen molar-refractivity contribution in [2.24, 2.45) is 0 Å². The Morgan fingerprint density at radius 1 is 1.10 bits per heavy atom. The van der Waals surface area contributed by atoms with E-state index in [1.807, 2.05) is 0 Å². The third-order valence-corrected chi connectivity index (χ3v) is 4.13. The molecule has 2 aromatic carbocycles. The van der Waals surface area contributed by atoms with Crippen molar-refractivity contribution < 1.29 is 18.3 Å². The van der Waals surface area contributed by atoms with Crippen LogP contribution >= 0.6 is 0 Å². The van der Waals surface area contributed by atoms with E-state index in [0.29, 0.717) is 22.6 Å². The van der Waals surface area contributed by atoms with E-state index < -0.39 is 10.0 Å². The van der Waals surface area contributed by atoms with Crippen LogP contribution in [0.5, 0.6) is 5.75 Å². The zero-order valence-electron chi connectivity index (χ0n) is 11.6. The van der Waals surface area contributed by atoms with Gasteiger partial charge < -0.3 is 9.84 Å². The standard InChI is InChI=1S/C15H17NO4S/c1-20-15-7-3-6-14(9-15)16-21(18,19)11-13-5-2-4-12(8-13)10-17/h2-9,16-17H,10-11H2,1H3. The maximum atomic E-state index is 12.2. The molecule has 0 heterocycles. The maximum absolute atomic E-state index is 12.2. The summed E-state index contributed by atoms with van der Waals surface area (Å²) in [5.41, 5.74) is 1.76. The van der Waals surface area contributed by atoms with Crippen LogP contribution in [0.15, 0.2) is 48.5 Å². The fourth-order valence-electron chi connectivity index (χ4n) is 1.94. The van der Waals surface area contributed by atoms with Gasteiger partial charge >= 0.3 is 0 Å². The highest BCUT2D eigenvalue weighted by Crippen LogP contribution is 2.19. The molecule has 2 aromatic rings. The molecular formula is C15H17NO4S. The number of sulfonamides is 1. The van der Waals surface area contributed by atoms with Crippen LogP contribution in [0.3, 0.4) is 0 Å². The average Bonchev–Trinajstić information content (AvgIpc) is 2.46. The second-order valence-electron chi connectivity index (χ2n) is 4.57. The molecule has 2 rings (SSSR count). The molecule has 0 aliphatic rings. The number of benzene rings is 2. The first-order chi connectivity index (χ1) is 10.0. The lowest BCUT2D eigenvalue weighted by Gasteiger charge is -2.10. The molecule has 0 fully saturated rings. The van der Waals surface area contributed by atoms with E-state index in [-0.39, 0.29) is 12.4 Å². The Labute approximate surface area is 124 Å². The molecule has 0 amide bonds. The van der Waals surface area contributed by atoms with Crippen molar-refractivity contribution in [3.05, 3.63) is 59.7 Å². The number of methoxy groups -OCH3 is 1. The topological polar surface area (TPSA) is 75.6 Å². The smallest absolute Gasteiger partial charge is 0.236 e. The Balaban J connectivity index is 2.14. The highest BCUT2D eigenvalue weighted by Gasteiger charge is 2.12. The van der Waals surface area contributed by atoms with Gasteiger partial charge in [-0.15, -0.1) is 0 Å². The summed E-state index contributed by atoms with van der Waals surface area (Å²) < 4.78 is 31.9. The molecule has 112 valence electrons. The third-order valence-electron chi connectivity index (χ3n) is 2.87. The number of aliphatic hydroxyl groups excluding tert-OH is 1. The molecule has 0 spiro atoms. The third kappa shape index (κ3) is 4.47. The minimum atomic E-state index is -3.52. The average molecular weight is 307 g/mol. The number of aliphatic hydroxyl groups is 1. The molecule has 0 aliphatic carbocycles. The first kappa shape index (κ1) is 15.3. The highest BCUT2D eigenvalue weighted by molar-refractivity contribution is 7.91. The SMILES string of the molecule is COc1cccc(NS(=O)(=O)Cc2cccc(CO)c2)c1. The van der Waals surface area contributed by atoms with Crippen molar-refractivity contribution in [1.82, 2.24) is 0 Å². The van der Waals surface area contributed by atoms with Gasteiger partial charge in [0.2, 0.25) is 10.0 Å². The van der Waals surface area contributed by atoms with Crippen LogP contribution in [0, 0.1) is 0 Å². The largest absolute Gasteiger partial charge is 0.497 e. The number of anilines is 1. The quantitative estimate of drug-likeness (QED) is 0.857. The zero-order valence-corrected chi connectivity index (χ0v) is 12.4. The molecule has 0 radical (unpaired) electrons. The lowest BCUT2D eigenvalue weighted by atomic mass is 10.1. The molecule has 0 saturated carbocycles. The van der Waals surface area contributed by atoms with Crippen molar-refractivity contribution in [2.45, 2.75) is 12.4 Å². The van der Waals surface area contributed by atoms with Gasteiger partial charge in [0.1, 0.15) is 5.75 Å². The molecule has 2 N–H and O–H groups in total. The predicted octanol–water partition coefficient (Wildman–Crippen LogP) is 2.13. The van der Waals surface area contributed by atoms with Gasteiger partial charge in [0.05, 0.1) is 25.2 Å². The number of hydrogen-bond acceptors (Lipinski definition) is 4. The summed E-state index contributed by atoms with van der Waals surface area (Å²) >= 11 is 0. The van der Waals surface area contributed by atoms with Crippen molar-refractivity contribution in [1.29, 1.82) is 0 Å². The molecule has 0 unspecified atom stereocenters. The van der Waals surface area contributed by atoms with Gasteiger partial charge in [-0.1, -0.05) is 30.3 Å². The Kier molecular flexibility index (Phi) is 4.82. The molecule has 0 aliphatic heterocycles. The molecule has 6 heteroatoms. The van der Waals surface area contributed by atoms with Crippen LogP contribution in [0.2, 0.25) is 0 Å². The molecule has 5 nitrogen and oxygen atoms in total. The number of nitrogens with one attached hydrogen (secondary N) is 1. The summed E-state index contributed by atoms with van der Waals surface area (Å²) in [7, 11) is -2.00. The normalized spacial score (nSPS) is 11.1. The van der Waals surface area contributed by atoms with Crippen LogP contribution in [0.1, 0.15) is 11.1 Å². The summed E-state index contributed by atoms with van der Waals surface area (Å²) in [4.78, 5) is 0. The first-order valence-electron chi connectivity index (χ1n) is 6.35. The van der Waals surface area contributed by atoms with Gasteiger partial charge in [-0.05, 0) is 23.3 Å². The lowest BCUT2D eigenvalue weighted by Crippen LogP contribution is -2.15. The Morgan fingerprint density at radius 2 is 1.81 bits per heavy atom. The summed E-state index contributed by atoms with van der Waals surface area (Å²) in [6.45, 7) is -0.114. The summed E-state index contributed by atoms with van der Waals surface area (Å²) in [5, 5.41) is 9.07. The van der Waals surface area contributed by atoms with E-state index in [2.05, 4.69) is 4.72 Å². The second-order valence-corrected chi connectivity index (χ2v) is 6.29. The Morgan fingerprint density at radius 3 is 2.52 bits per heavy atom. The minimum Gasteiger partial charge on any atom is -0.497 e.